The standard InChI is InChI=1S/C37H53N3O4/c1-8-11-16-26(5)37(43)40(7)32(15-9-2)36(42)39-31(22-28-17-13-12-14-18-28)33(41)24-38-30-23-34(44-19-10-3)35-27(6)20-25(4)21-29(30)35/h9-10,12-14,17-18,20-21,26,30-34,38,41H,2-3,8,11,15-16,19,22-24H2,1,4-7H3,(H,39,42)/t26-,30-,31?,32-,33?,34+/m0/s1. The van der Waals surface area contributed by atoms with Gasteiger partial charge in [0.1, 0.15) is 6.04 Å². The smallest absolute Gasteiger partial charge is 0.243 e. The molecule has 7 nitrogen and oxygen atoms in total. The van der Waals surface area contributed by atoms with E-state index in [1.165, 1.54) is 22.3 Å². The van der Waals surface area contributed by atoms with Gasteiger partial charge >= 0.3 is 0 Å². The maximum Gasteiger partial charge on any atom is 0.243 e. The highest BCUT2D eigenvalue weighted by Gasteiger charge is 2.35. The Bertz CT molecular complexity index is 1250. The van der Waals surface area contributed by atoms with E-state index in [0.717, 1.165) is 31.2 Å². The van der Waals surface area contributed by atoms with Gasteiger partial charge in [0.15, 0.2) is 0 Å². The number of carbonyl (C=O) groups is 2. The summed E-state index contributed by atoms with van der Waals surface area (Å²) in [4.78, 5) is 28.5. The molecule has 0 aliphatic heterocycles. The van der Waals surface area contributed by atoms with E-state index in [0.29, 0.717) is 19.4 Å². The lowest BCUT2D eigenvalue weighted by atomic mass is 9.98. The van der Waals surface area contributed by atoms with Crippen molar-refractivity contribution in [1.29, 1.82) is 0 Å². The molecule has 44 heavy (non-hydrogen) atoms. The SMILES string of the molecule is C=CCO[C@@H]1C[C@H](NCC(O)C(Cc2ccccc2)NC(=O)[C@H](CC=C)N(C)C(=O)[C@@H](C)CCCC)c2cc(C)cc(C)c21. The number of aliphatic hydroxyl groups is 1. The summed E-state index contributed by atoms with van der Waals surface area (Å²) in [6.07, 6.45) is 6.79. The molecule has 3 N–H and O–H groups in total. The number of nitrogens with zero attached hydrogens (tertiary/aromatic N) is 1. The average molecular weight is 604 g/mol. The van der Waals surface area contributed by atoms with Crippen LogP contribution in [0.25, 0.3) is 0 Å². The first kappa shape index (κ1) is 35.2. The molecule has 0 fully saturated rings. The van der Waals surface area contributed by atoms with Gasteiger partial charge in [-0.15, -0.1) is 13.2 Å². The van der Waals surface area contributed by atoms with Gasteiger partial charge in [-0.3, -0.25) is 9.59 Å². The van der Waals surface area contributed by atoms with Crippen molar-refractivity contribution in [3.8, 4) is 0 Å². The van der Waals surface area contributed by atoms with Gasteiger partial charge in [0.2, 0.25) is 11.8 Å². The van der Waals surface area contributed by atoms with Crippen molar-refractivity contribution in [2.24, 2.45) is 5.92 Å². The highest BCUT2D eigenvalue weighted by molar-refractivity contribution is 5.88. The lowest BCUT2D eigenvalue weighted by molar-refractivity contribution is -0.142. The number of rotatable bonds is 18. The summed E-state index contributed by atoms with van der Waals surface area (Å²) in [5.74, 6) is -0.518. The number of hydrogen-bond donors (Lipinski definition) is 3. The highest BCUT2D eigenvalue weighted by Crippen LogP contribution is 2.43. The molecule has 0 heterocycles. The first-order chi connectivity index (χ1) is 21.1. The fourth-order valence-corrected chi connectivity index (χ4v) is 6.30. The van der Waals surface area contributed by atoms with Crippen LogP contribution in [0.4, 0.5) is 0 Å². The number of benzene rings is 2. The van der Waals surface area contributed by atoms with Gasteiger partial charge in [0.25, 0.3) is 0 Å². The predicted octanol–water partition coefficient (Wildman–Crippen LogP) is 5.90. The summed E-state index contributed by atoms with van der Waals surface area (Å²) in [6, 6.07) is 12.9. The van der Waals surface area contributed by atoms with Crippen molar-refractivity contribution in [1.82, 2.24) is 15.5 Å². The van der Waals surface area contributed by atoms with E-state index in [1.54, 1.807) is 24.1 Å². The third-order valence-electron chi connectivity index (χ3n) is 8.71. The van der Waals surface area contributed by atoms with E-state index >= 15 is 0 Å². The summed E-state index contributed by atoms with van der Waals surface area (Å²) >= 11 is 0. The number of nitrogens with one attached hydrogen (secondary N) is 2. The Morgan fingerprint density at radius 2 is 1.89 bits per heavy atom. The predicted molar refractivity (Wildman–Crippen MR) is 178 cm³/mol. The molecule has 0 bridgehead atoms. The molecule has 1 aliphatic rings. The van der Waals surface area contributed by atoms with Crippen molar-refractivity contribution in [3.05, 3.63) is 95.6 Å². The average Bonchev–Trinajstić information content (AvgIpc) is 3.36. The third-order valence-corrected chi connectivity index (χ3v) is 8.71. The summed E-state index contributed by atoms with van der Waals surface area (Å²) in [7, 11) is 1.69. The zero-order chi connectivity index (χ0) is 32.2. The van der Waals surface area contributed by atoms with Gasteiger partial charge in [-0.05, 0) is 61.8 Å². The molecule has 2 aromatic rings. The van der Waals surface area contributed by atoms with E-state index in [4.69, 9.17) is 4.74 Å². The number of carbonyl (C=O) groups excluding carboxylic acids is 2. The van der Waals surface area contributed by atoms with Crippen molar-refractivity contribution in [2.45, 2.75) is 96.6 Å². The first-order valence-corrected chi connectivity index (χ1v) is 16.1. The third kappa shape index (κ3) is 9.37. The second-order valence-corrected chi connectivity index (χ2v) is 12.3. The maximum absolute atomic E-state index is 13.8. The molecular formula is C37H53N3O4. The molecule has 2 unspecified atom stereocenters. The van der Waals surface area contributed by atoms with Crippen LogP contribution in [0.2, 0.25) is 0 Å². The molecule has 240 valence electrons. The van der Waals surface area contributed by atoms with Gasteiger partial charge in [0.05, 0.1) is 24.9 Å². The number of unbranched alkanes of at least 4 members (excludes halogenated alkanes) is 1. The van der Waals surface area contributed by atoms with Crippen LogP contribution in [-0.4, -0.2) is 60.2 Å². The molecule has 0 radical (unpaired) electrons. The second-order valence-electron chi connectivity index (χ2n) is 12.3. The molecule has 2 amide bonds. The molecular weight excluding hydrogens is 550 g/mol. The minimum atomic E-state index is -0.879. The molecule has 0 saturated carbocycles. The quantitative estimate of drug-likeness (QED) is 0.185. The summed E-state index contributed by atoms with van der Waals surface area (Å²) in [5.41, 5.74) is 5.78. The van der Waals surface area contributed by atoms with Gasteiger partial charge in [-0.1, -0.05) is 86.9 Å². The van der Waals surface area contributed by atoms with Crippen molar-refractivity contribution in [3.63, 3.8) is 0 Å². The van der Waals surface area contributed by atoms with E-state index in [2.05, 4.69) is 56.7 Å². The summed E-state index contributed by atoms with van der Waals surface area (Å²) in [6.45, 7) is 16.6. The normalized spacial score (nSPS) is 18.5. The molecule has 1 aliphatic carbocycles. The minimum Gasteiger partial charge on any atom is -0.390 e. The maximum atomic E-state index is 13.8. The van der Waals surface area contributed by atoms with Gasteiger partial charge in [-0.25, -0.2) is 0 Å². The Morgan fingerprint density at radius 3 is 2.55 bits per heavy atom. The van der Waals surface area contributed by atoms with Crippen LogP contribution in [0, 0.1) is 19.8 Å². The Kier molecular flexibility index (Phi) is 13.8. The highest BCUT2D eigenvalue weighted by atomic mass is 16.5. The molecule has 0 aromatic heterocycles. The topological polar surface area (TPSA) is 90.9 Å². The van der Waals surface area contributed by atoms with Crippen LogP contribution in [-0.2, 0) is 20.7 Å². The van der Waals surface area contributed by atoms with E-state index in [-0.39, 0.29) is 36.4 Å². The number of fused-ring (bicyclic) bond motifs is 1. The lowest BCUT2D eigenvalue weighted by Gasteiger charge is -2.32. The molecule has 2 aromatic carbocycles. The molecule has 7 heteroatoms. The number of ether oxygens (including phenoxy) is 1. The van der Waals surface area contributed by atoms with Crippen molar-refractivity contribution in [2.75, 3.05) is 20.2 Å². The van der Waals surface area contributed by atoms with Crippen LogP contribution in [0.3, 0.4) is 0 Å². The van der Waals surface area contributed by atoms with Crippen molar-refractivity contribution < 1.29 is 19.4 Å². The number of hydrogen-bond acceptors (Lipinski definition) is 5. The van der Waals surface area contributed by atoms with Crippen LogP contribution in [0.5, 0.6) is 0 Å². The van der Waals surface area contributed by atoms with Crippen LogP contribution in [0.1, 0.15) is 85.9 Å². The Labute approximate surface area is 264 Å². The zero-order valence-electron chi connectivity index (χ0n) is 27.4. The Morgan fingerprint density at radius 1 is 1.16 bits per heavy atom. The number of likely N-dealkylation sites (N-methyl/N-ethyl adjacent to an activating group) is 1. The van der Waals surface area contributed by atoms with Crippen LogP contribution < -0.4 is 10.6 Å². The van der Waals surface area contributed by atoms with Gasteiger partial charge in [0, 0.05) is 25.6 Å². The van der Waals surface area contributed by atoms with Crippen molar-refractivity contribution >= 4 is 11.8 Å². The second kappa shape index (κ2) is 17.3. The fourth-order valence-electron chi connectivity index (χ4n) is 6.30. The largest absolute Gasteiger partial charge is 0.390 e. The fraction of sp³-hybridized carbons (Fsp3) is 0.514. The van der Waals surface area contributed by atoms with E-state index < -0.39 is 18.2 Å². The van der Waals surface area contributed by atoms with E-state index in [9.17, 15) is 14.7 Å². The Hall–Kier alpha value is -3.26. The zero-order valence-corrected chi connectivity index (χ0v) is 27.4. The van der Waals surface area contributed by atoms with Gasteiger partial charge in [-0.2, -0.15) is 0 Å². The first-order valence-electron chi connectivity index (χ1n) is 16.1. The van der Waals surface area contributed by atoms with E-state index in [1.807, 2.05) is 37.3 Å². The molecule has 6 atom stereocenters. The van der Waals surface area contributed by atoms with Crippen LogP contribution in [0.15, 0.2) is 67.8 Å². The van der Waals surface area contributed by atoms with Gasteiger partial charge < -0.3 is 25.4 Å². The number of amides is 2. The lowest BCUT2D eigenvalue weighted by Crippen LogP contribution is -2.55. The molecule has 0 spiro atoms. The Balaban J connectivity index is 1.78. The molecule has 0 saturated heterocycles. The van der Waals surface area contributed by atoms with Crippen LogP contribution >= 0.6 is 0 Å². The number of aliphatic hydroxyl groups excluding tert-OH is 1. The summed E-state index contributed by atoms with van der Waals surface area (Å²) < 4.78 is 6.13. The monoisotopic (exact) mass is 603 g/mol. The summed E-state index contributed by atoms with van der Waals surface area (Å²) in [5, 5.41) is 18.3. The number of aryl methyl sites for hydroxylation is 2. The molecule has 3 rings (SSSR count). The minimum absolute atomic E-state index is 0.00280.